The molecule has 2 aromatic rings. The van der Waals surface area contributed by atoms with Crippen LogP contribution >= 0.6 is 0 Å². The van der Waals surface area contributed by atoms with Gasteiger partial charge in [0.05, 0.1) is 35.2 Å². The zero-order valence-corrected chi connectivity index (χ0v) is 13.3. The third-order valence-corrected chi connectivity index (χ3v) is 4.77. The van der Waals surface area contributed by atoms with Crippen molar-refractivity contribution in [2.45, 2.75) is 11.3 Å². The number of hydrogen-bond acceptors (Lipinski definition) is 5. The Balaban J connectivity index is 1.89. The molecule has 1 aliphatic rings. The van der Waals surface area contributed by atoms with Gasteiger partial charge in [-0.15, -0.1) is 0 Å². The topological polar surface area (TPSA) is 108 Å². The van der Waals surface area contributed by atoms with Crippen molar-refractivity contribution in [3.8, 4) is 11.8 Å². The van der Waals surface area contributed by atoms with Gasteiger partial charge in [-0.25, -0.2) is 8.42 Å². The van der Waals surface area contributed by atoms with Gasteiger partial charge in [-0.3, -0.25) is 9.52 Å². The molecule has 1 amide bonds. The number of carbonyl (C=O) groups is 1. The van der Waals surface area contributed by atoms with Gasteiger partial charge >= 0.3 is 0 Å². The van der Waals surface area contributed by atoms with Crippen LogP contribution in [0.5, 0.6) is 5.75 Å². The average molecular weight is 343 g/mol. The largest absolute Gasteiger partial charge is 0.491 e. The summed E-state index contributed by atoms with van der Waals surface area (Å²) in [5.41, 5.74) is 1.09. The molecule has 3 rings (SSSR count). The second kappa shape index (κ2) is 6.22. The summed E-state index contributed by atoms with van der Waals surface area (Å²) < 4.78 is 32.8. The highest BCUT2D eigenvalue weighted by molar-refractivity contribution is 7.92. The molecule has 24 heavy (non-hydrogen) atoms. The number of benzene rings is 2. The van der Waals surface area contributed by atoms with Crippen molar-refractivity contribution in [3.05, 3.63) is 48.0 Å². The predicted octanol–water partition coefficient (Wildman–Crippen LogP) is 2.08. The summed E-state index contributed by atoms with van der Waals surface area (Å²) in [7, 11) is -3.84. The molecule has 0 bridgehead atoms. The lowest BCUT2D eigenvalue weighted by Gasteiger charge is -2.11. The maximum atomic E-state index is 12.5. The average Bonchev–Trinajstić information content (AvgIpc) is 2.75. The summed E-state index contributed by atoms with van der Waals surface area (Å²) in [4.78, 5) is 11.6. The zero-order chi connectivity index (χ0) is 17.2. The van der Waals surface area contributed by atoms with E-state index in [9.17, 15) is 13.2 Å². The van der Waals surface area contributed by atoms with Crippen LogP contribution in [0, 0.1) is 11.3 Å². The van der Waals surface area contributed by atoms with E-state index in [-0.39, 0.29) is 23.8 Å². The monoisotopic (exact) mass is 343 g/mol. The Bertz CT molecular complexity index is 931. The first-order chi connectivity index (χ1) is 11.5. The van der Waals surface area contributed by atoms with E-state index >= 15 is 0 Å². The van der Waals surface area contributed by atoms with Crippen LogP contribution < -0.4 is 14.8 Å². The molecule has 0 saturated carbocycles. The van der Waals surface area contributed by atoms with Crippen LogP contribution in [0.15, 0.2) is 47.4 Å². The summed E-state index contributed by atoms with van der Waals surface area (Å²) in [6.45, 7) is 0.244. The SMILES string of the molecule is N#Cc1ccc(NS(=O)(=O)c2ccc3c(c2)NC(=O)CCO3)cc1. The molecule has 0 fully saturated rings. The summed E-state index contributed by atoms with van der Waals surface area (Å²) in [6.07, 6.45) is 0.209. The van der Waals surface area contributed by atoms with Crippen LogP contribution in [0.1, 0.15) is 12.0 Å². The number of ether oxygens (including phenoxy) is 1. The highest BCUT2D eigenvalue weighted by atomic mass is 32.2. The molecule has 122 valence electrons. The predicted molar refractivity (Wildman–Crippen MR) is 87.1 cm³/mol. The molecular formula is C16H13N3O4S. The Morgan fingerprint density at radius 2 is 1.92 bits per heavy atom. The van der Waals surface area contributed by atoms with Crippen molar-refractivity contribution >= 4 is 27.3 Å². The van der Waals surface area contributed by atoms with Crippen LogP contribution in [0.4, 0.5) is 11.4 Å². The van der Waals surface area contributed by atoms with Gasteiger partial charge in [-0.2, -0.15) is 5.26 Å². The Kier molecular flexibility index (Phi) is 4.10. The Morgan fingerprint density at radius 3 is 2.62 bits per heavy atom. The maximum Gasteiger partial charge on any atom is 0.261 e. The molecule has 2 N–H and O–H groups in total. The van der Waals surface area contributed by atoms with Gasteiger partial charge in [0.1, 0.15) is 5.75 Å². The second-order valence-electron chi connectivity index (χ2n) is 5.10. The van der Waals surface area contributed by atoms with Gasteiger partial charge in [0.2, 0.25) is 5.91 Å². The molecule has 0 aliphatic carbocycles. The minimum Gasteiger partial charge on any atom is -0.491 e. The Hall–Kier alpha value is -3.05. The van der Waals surface area contributed by atoms with Crippen molar-refractivity contribution in [2.24, 2.45) is 0 Å². The Labute approximate surface area is 138 Å². The maximum absolute atomic E-state index is 12.5. The molecule has 0 saturated heterocycles. The number of carbonyl (C=O) groups excluding carboxylic acids is 1. The minimum absolute atomic E-state index is 0.00332. The van der Waals surface area contributed by atoms with Gasteiger partial charge in [-0.05, 0) is 42.5 Å². The highest BCUT2D eigenvalue weighted by Crippen LogP contribution is 2.30. The number of anilines is 2. The molecule has 1 heterocycles. The molecule has 0 aromatic heterocycles. The van der Waals surface area contributed by atoms with E-state index in [1.165, 1.54) is 42.5 Å². The Morgan fingerprint density at radius 1 is 1.17 bits per heavy atom. The molecular weight excluding hydrogens is 330 g/mol. The summed E-state index contributed by atoms with van der Waals surface area (Å²) in [5.74, 6) is 0.196. The third-order valence-electron chi connectivity index (χ3n) is 3.39. The van der Waals surface area contributed by atoms with Gasteiger partial charge in [-0.1, -0.05) is 0 Å². The molecule has 0 spiro atoms. The smallest absolute Gasteiger partial charge is 0.261 e. The lowest BCUT2D eigenvalue weighted by Crippen LogP contribution is -2.14. The first-order valence-electron chi connectivity index (χ1n) is 7.08. The van der Waals surface area contributed by atoms with Crippen molar-refractivity contribution < 1.29 is 17.9 Å². The molecule has 2 aromatic carbocycles. The van der Waals surface area contributed by atoms with Gasteiger partial charge < -0.3 is 10.1 Å². The van der Waals surface area contributed by atoms with Gasteiger partial charge in [0, 0.05) is 5.69 Å². The van der Waals surface area contributed by atoms with E-state index in [1.54, 1.807) is 0 Å². The fraction of sp³-hybridized carbons (Fsp3) is 0.125. The summed E-state index contributed by atoms with van der Waals surface area (Å²) in [5, 5.41) is 11.4. The standard InChI is InChI=1S/C16H13N3O4S/c17-10-11-1-3-12(4-2-11)19-24(21,22)13-5-6-15-14(9-13)18-16(20)7-8-23-15/h1-6,9,19H,7-8H2,(H,18,20). The van der Waals surface area contributed by atoms with E-state index in [0.717, 1.165) is 0 Å². The van der Waals surface area contributed by atoms with Crippen molar-refractivity contribution in [2.75, 3.05) is 16.6 Å². The molecule has 8 heteroatoms. The van der Waals surface area contributed by atoms with Crippen LogP contribution in [-0.2, 0) is 14.8 Å². The fourth-order valence-corrected chi connectivity index (χ4v) is 3.28. The van der Waals surface area contributed by atoms with Crippen LogP contribution in [0.2, 0.25) is 0 Å². The molecule has 0 atom stereocenters. The van der Waals surface area contributed by atoms with E-state index in [1.807, 2.05) is 6.07 Å². The van der Waals surface area contributed by atoms with E-state index < -0.39 is 10.0 Å². The number of nitrogens with zero attached hydrogens (tertiary/aromatic N) is 1. The van der Waals surface area contributed by atoms with Crippen molar-refractivity contribution in [1.82, 2.24) is 0 Å². The lowest BCUT2D eigenvalue weighted by atomic mass is 10.2. The van der Waals surface area contributed by atoms with Crippen molar-refractivity contribution in [1.29, 1.82) is 5.26 Å². The number of nitriles is 1. The van der Waals surface area contributed by atoms with Crippen LogP contribution in [0.3, 0.4) is 0 Å². The highest BCUT2D eigenvalue weighted by Gasteiger charge is 2.20. The molecule has 1 aliphatic heterocycles. The molecule has 0 unspecified atom stereocenters. The quantitative estimate of drug-likeness (QED) is 0.887. The first kappa shape index (κ1) is 15.8. The second-order valence-corrected chi connectivity index (χ2v) is 6.78. The normalized spacial score (nSPS) is 13.7. The third kappa shape index (κ3) is 3.31. The van der Waals surface area contributed by atoms with E-state index in [4.69, 9.17) is 10.00 Å². The van der Waals surface area contributed by atoms with Crippen molar-refractivity contribution in [3.63, 3.8) is 0 Å². The van der Waals surface area contributed by atoms with Gasteiger partial charge in [0.15, 0.2) is 0 Å². The number of fused-ring (bicyclic) bond motifs is 1. The van der Waals surface area contributed by atoms with Crippen LogP contribution in [-0.4, -0.2) is 20.9 Å². The number of nitrogens with one attached hydrogen (secondary N) is 2. The summed E-state index contributed by atoms with van der Waals surface area (Å²) >= 11 is 0. The fourth-order valence-electron chi connectivity index (χ4n) is 2.19. The minimum atomic E-state index is -3.84. The zero-order valence-electron chi connectivity index (χ0n) is 12.4. The number of amides is 1. The first-order valence-corrected chi connectivity index (χ1v) is 8.56. The van der Waals surface area contributed by atoms with Gasteiger partial charge in [0.25, 0.3) is 10.0 Å². The number of rotatable bonds is 3. The lowest BCUT2D eigenvalue weighted by molar-refractivity contribution is -0.116. The van der Waals surface area contributed by atoms with Crippen LogP contribution in [0.25, 0.3) is 0 Å². The molecule has 0 radical (unpaired) electrons. The van der Waals surface area contributed by atoms with E-state index in [2.05, 4.69) is 10.0 Å². The number of hydrogen-bond donors (Lipinski definition) is 2. The molecule has 7 nitrogen and oxygen atoms in total. The summed E-state index contributed by atoms with van der Waals surface area (Å²) in [6, 6.07) is 12.3. The number of sulfonamides is 1. The van der Waals surface area contributed by atoms with E-state index in [0.29, 0.717) is 22.7 Å².